The third-order valence-electron chi connectivity index (χ3n) is 4.59. The van der Waals surface area contributed by atoms with Gasteiger partial charge in [-0.25, -0.2) is 4.98 Å². The van der Waals surface area contributed by atoms with Crippen molar-refractivity contribution in [2.45, 2.75) is 71.3 Å². The van der Waals surface area contributed by atoms with Gasteiger partial charge in [0.05, 0.1) is 0 Å². The van der Waals surface area contributed by atoms with E-state index in [2.05, 4.69) is 36.1 Å². The third kappa shape index (κ3) is 3.86. The molecule has 0 unspecified atom stereocenters. The summed E-state index contributed by atoms with van der Waals surface area (Å²) >= 11 is 0. The molecule has 0 aliphatic heterocycles. The monoisotopic (exact) mass is 289 g/mol. The quantitative estimate of drug-likeness (QED) is 0.885. The summed E-state index contributed by atoms with van der Waals surface area (Å²) in [4.78, 5) is 9.23. The molecule has 0 atom stereocenters. The Kier molecular flexibility index (Phi) is 4.05. The molecule has 0 aromatic carbocycles. The molecule has 4 heteroatoms. The van der Waals surface area contributed by atoms with Gasteiger partial charge < -0.3 is 10.1 Å². The van der Waals surface area contributed by atoms with Crippen molar-refractivity contribution in [3.05, 3.63) is 11.9 Å². The Morgan fingerprint density at radius 3 is 2.52 bits per heavy atom. The zero-order chi connectivity index (χ0) is 14.9. The summed E-state index contributed by atoms with van der Waals surface area (Å²) in [6, 6.07) is 1.95. The largest absolute Gasteiger partial charge is 0.474 e. The number of nitrogens with one attached hydrogen (secondary N) is 1. The highest BCUT2D eigenvalue weighted by atomic mass is 16.5. The summed E-state index contributed by atoms with van der Waals surface area (Å²) in [6.45, 7) is 7.66. The molecule has 0 spiro atoms. The Hall–Kier alpha value is -1.32. The molecular formula is C17H27N3O. The van der Waals surface area contributed by atoms with Crippen LogP contribution < -0.4 is 10.1 Å². The Bertz CT molecular complexity index is 487. The highest BCUT2D eigenvalue weighted by Gasteiger charge is 2.30. The summed E-state index contributed by atoms with van der Waals surface area (Å²) in [6.07, 6.45) is 7.48. The lowest BCUT2D eigenvalue weighted by Crippen LogP contribution is -2.28. The average Bonchev–Trinajstić information content (AvgIpc) is 3.26. The van der Waals surface area contributed by atoms with Crippen molar-refractivity contribution in [3.63, 3.8) is 0 Å². The SMILES string of the molecule is CCNc1cc(OC2CCC(C)(C)CC2)nc(C2CC2)n1. The molecule has 0 radical (unpaired) electrons. The second kappa shape index (κ2) is 5.82. The van der Waals surface area contributed by atoms with Crippen LogP contribution in [0.4, 0.5) is 5.82 Å². The van der Waals surface area contributed by atoms with Crippen molar-refractivity contribution in [3.8, 4) is 5.88 Å². The fourth-order valence-corrected chi connectivity index (χ4v) is 2.96. The fraction of sp³-hybridized carbons (Fsp3) is 0.765. The van der Waals surface area contributed by atoms with E-state index in [1.807, 2.05) is 6.07 Å². The predicted molar refractivity (Wildman–Crippen MR) is 84.8 cm³/mol. The molecule has 1 heterocycles. The second-order valence-electron chi connectivity index (χ2n) is 7.24. The van der Waals surface area contributed by atoms with Gasteiger partial charge in [0, 0.05) is 18.5 Å². The normalized spacial score (nSPS) is 22.0. The average molecular weight is 289 g/mol. The van der Waals surface area contributed by atoms with E-state index in [4.69, 9.17) is 4.74 Å². The van der Waals surface area contributed by atoms with Gasteiger partial charge in [0.2, 0.25) is 5.88 Å². The Morgan fingerprint density at radius 2 is 1.90 bits per heavy atom. The molecule has 1 aromatic rings. The number of ether oxygens (including phenoxy) is 1. The van der Waals surface area contributed by atoms with Crippen LogP contribution in [0.15, 0.2) is 6.07 Å². The number of rotatable bonds is 5. The highest BCUT2D eigenvalue weighted by molar-refractivity contribution is 5.39. The summed E-state index contributed by atoms with van der Waals surface area (Å²) < 4.78 is 6.16. The van der Waals surface area contributed by atoms with E-state index >= 15 is 0 Å². The maximum atomic E-state index is 6.16. The van der Waals surface area contributed by atoms with Crippen molar-refractivity contribution < 1.29 is 4.74 Å². The molecule has 3 rings (SSSR count). The van der Waals surface area contributed by atoms with Gasteiger partial charge in [-0.2, -0.15) is 4.98 Å². The molecule has 2 saturated carbocycles. The summed E-state index contributed by atoms with van der Waals surface area (Å²) in [5, 5.41) is 3.29. The first-order valence-corrected chi connectivity index (χ1v) is 8.35. The molecule has 21 heavy (non-hydrogen) atoms. The van der Waals surface area contributed by atoms with Gasteiger partial charge in [0.1, 0.15) is 17.7 Å². The van der Waals surface area contributed by atoms with Gasteiger partial charge in [-0.15, -0.1) is 0 Å². The van der Waals surface area contributed by atoms with Gasteiger partial charge in [0.25, 0.3) is 0 Å². The smallest absolute Gasteiger partial charge is 0.219 e. The number of hydrogen-bond acceptors (Lipinski definition) is 4. The van der Waals surface area contributed by atoms with Crippen LogP contribution >= 0.6 is 0 Å². The van der Waals surface area contributed by atoms with E-state index in [0.717, 1.165) is 36.9 Å². The summed E-state index contributed by atoms with van der Waals surface area (Å²) in [5.41, 5.74) is 0.472. The lowest BCUT2D eigenvalue weighted by Gasteiger charge is -2.34. The number of anilines is 1. The van der Waals surface area contributed by atoms with Gasteiger partial charge in [-0.3, -0.25) is 0 Å². The van der Waals surface area contributed by atoms with Crippen molar-refractivity contribution in [1.82, 2.24) is 9.97 Å². The van der Waals surface area contributed by atoms with E-state index in [-0.39, 0.29) is 0 Å². The van der Waals surface area contributed by atoms with Gasteiger partial charge in [0.15, 0.2) is 0 Å². The van der Waals surface area contributed by atoms with Crippen molar-refractivity contribution in [1.29, 1.82) is 0 Å². The zero-order valence-corrected chi connectivity index (χ0v) is 13.5. The molecule has 0 amide bonds. The van der Waals surface area contributed by atoms with E-state index in [1.165, 1.54) is 25.7 Å². The van der Waals surface area contributed by atoms with E-state index in [1.54, 1.807) is 0 Å². The molecule has 2 aliphatic carbocycles. The first-order chi connectivity index (χ1) is 10.1. The van der Waals surface area contributed by atoms with Crippen LogP contribution in [0.5, 0.6) is 5.88 Å². The number of hydrogen-bond donors (Lipinski definition) is 1. The number of nitrogens with zero attached hydrogens (tertiary/aromatic N) is 2. The van der Waals surface area contributed by atoms with Crippen molar-refractivity contribution >= 4 is 5.82 Å². The molecule has 0 saturated heterocycles. The molecule has 116 valence electrons. The highest BCUT2D eigenvalue weighted by Crippen LogP contribution is 2.40. The first kappa shape index (κ1) is 14.6. The van der Waals surface area contributed by atoms with E-state index in [9.17, 15) is 0 Å². The van der Waals surface area contributed by atoms with Crippen LogP contribution in [0.1, 0.15) is 71.0 Å². The number of aromatic nitrogens is 2. The predicted octanol–water partition coefficient (Wildman–Crippen LogP) is 4.13. The molecule has 1 aromatic heterocycles. The minimum atomic E-state index is 0.314. The third-order valence-corrected chi connectivity index (χ3v) is 4.59. The Balaban J connectivity index is 1.69. The molecule has 0 bridgehead atoms. The molecule has 2 aliphatic rings. The van der Waals surface area contributed by atoms with Gasteiger partial charge in [-0.05, 0) is 50.9 Å². The maximum absolute atomic E-state index is 6.16. The van der Waals surface area contributed by atoms with Crippen LogP contribution in [0.25, 0.3) is 0 Å². The van der Waals surface area contributed by atoms with E-state index in [0.29, 0.717) is 17.4 Å². The standard InChI is InChI=1S/C17H27N3O/c1-4-18-14-11-15(20-16(19-14)12-5-6-12)21-13-7-9-17(2,3)10-8-13/h11-13H,4-10H2,1-3H3,(H,18,19,20). The molecule has 4 nitrogen and oxygen atoms in total. The Labute approximate surface area is 127 Å². The van der Waals surface area contributed by atoms with Crippen LogP contribution in [-0.2, 0) is 0 Å². The molecule has 2 fully saturated rings. The van der Waals surface area contributed by atoms with Crippen molar-refractivity contribution in [2.75, 3.05) is 11.9 Å². The second-order valence-corrected chi connectivity index (χ2v) is 7.24. The molecular weight excluding hydrogens is 262 g/mol. The van der Waals surface area contributed by atoms with Crippen molar-refractivity contribution in [2.24, 2.45) is 5.41 Å². The minimum Gasteiger partial charge on any atom is -0.474 e. The lowest BCUT2D eigenvalue weighted by molar-refractivity contribution is 0.0946. The summed E-state index contributed by atoms with van der Waals surface area (Å²) in [7, 11) is 0. The van der Waals surface area contributed by atoms with Gasteiger partial charge >= 0.3 is 0 Å². The van der Waals surface area contributed by atoms with Gasteiger partial charge in [-0.1, -0.05) is 13.8 Å². The Morgan fingerprint density at radius 1 is 1.19 bits per heavy atom. The topological polar surface area (TPSA) is 47.0 Å². The van der Waals surface area contributed by atoms with Crippen LogP contribution in [0, 0.1) is 5.41 Å². The summed E-state index contributed by atoms with van der Waals surface area (Å²) in [5.74, 6) is 3.17. The lowest BCUT2D eigenvalue weighted by atomic mass is 9.76. The first-order valence-electron chi connectivity index (χ1n) is 8.35. The van der Waals surface area contributed by atoms with E-state index < -0.39 is 0 Å². The van der Waals surface area contributed by atoms with Crippen LogP contribution in [-0.4, -0.2) is 22.6 Å². The fourth-order valence-electron chi connectivity index (χ4n) is 2.96. The minimum absolute atomic E-state index is 0.314. The maximum Gasteiger partial charge on any atom is 0.219 e. The van der Waals surface area contributed by atoms with Crippen LogP contribution in [0.2, 0.25) is 0 Å². The van der Waals surface area contributed by atoms with Crippen LogP contribution in [0.3, 0.4) is 0 Å². The zero-order valence-electron chi connectivity index (χ0n) is 13.5. The molecule has 1 N–H and O–H groups in total.